The zero-order chi connectivity index (χ0) is 14.3. The Kier molecular flexibility index (Phi) is 2.75. The molecule has 0 saturated heterocycles. The molecule has 5 nitrogen and oxygen atoms in total. The van der Waals surface area contributed by atoms with Crippen LogP contribution in [0.4, 0.5) is 0 Å². The number of hydrogen-bond acceptors (Lipinski definition) is 3. The first-order valence-electron chi connectivity index (χ1n) is 6.21. The minimum Gasteiger partial charge on any atom is -0.478 e. The van der Waals surface area contributed by atoms with E-state index in [2.05, 4.69) is 30.0 Å². The summed E-state index contributed by atoms with van der Waals surface area (Å²) in [6.45, 7) is 4.11. The topological polar surface area (TPSA) is 67.5 Å². The lowest BCUT2D eigenvalue weighted by Crippen LogP contribution is -2.01. The Labute approximate surface area is 115 Å². The van der Waals surface area contributed by atoms with Crippen LogP contribution < -0.4 is 0 Å². The van der Waals surface area contributed by atoms with Gasteiger partial charge in [0.2, 0.25) is 0 Å². The average molecular weight is 267 g/mol. The molecule has 0 atom stereocenters. The first kappa shape index (κ1) is 12.3. The minimum absolute atomic E-state index is 0.118. The van der Waals surface area contributed by atoms with E-state index in [4.69, 9.17) is 5.11 Å². The van der Waals surface area contributed by atoms with Crippen molar-refractivity contribution in [3.8, 4) is 11.3 Å². The number of benzene rings is 1. The number of aromatic carboxylic acids is 1. The molecule has 0 bridgehead atoms. The molecule has 20 heavy (non-hydrogen) atoms. The van der Waals surface area contributed by atoms with Crippen LogP contribution in [-0.2, 0) is 0 Å². The molecule has 100 valence electrons. The number of rotatable bonds is 2. The second-order valence-electron chi connectivity index (χ2n) is 4.78. The van der Waals surface area contributed by atoms with Crippen molar-refractivity contribution < 1.29 is 9.90 Å². The van der Waals surface area contributed by atoms with Crippen LogP contribution in [0.1, 0.15) is 21.5 Å². The van der Waals surface area contributed by atoms with E-state index in [9.17, 15) is 4.79 Å². The van der Waals surface area contributed by atoms with Crippen molar-refractivity contribution in [3.05, 3.63) is 53.3 Å². The lowest BCUT2D eigenvalue weighted by molar-refractivity contribution is 0.0695. The molecule has 3 rings (SSSR count). The highest BCUT2D eigenvalue weighted by Gasteiger charge is 2.09. The maximum absolute atomic E-state index is 10.9. The third-order valence-corrected chi connectivity index (χ3v) is 3.36. The van der Waals surface area contributed by atoms with Crippen molar-refractivity contribution in [2.45, 2.75) is 13.8 Å². The number of carbonyl (C=O) groups is 1. The van der Waals surface area contributed by atoms with Gasteiger partial charge < -0.3 is 5.11 Å². The number of hydrogen-bond donors (Lipinski definition) is 1. The molecule has 0 unspecified atom stereocenters. The van der Waals surface area contributed by atoms with Crippen molar-refractivity contribution in [2.75, 3.05) is 0 Å². The number of nitrogens with zero attached hydrogens (tertiary/aromatic N) is 3. The first-order chi connectivity index (χ1) is 9.54. The Morgan fingerprint density at radius 3 is 2.70 bits per heavy atom. The standard InChI is InChI=1S/C15H13N3O2/c1-9-3-4-11(5-10(9)2)13-6-14-16-7-12(15(19)20)8-18(14)17-13/h3-8H,1-2H3,(H,19,20). The molecule has 0 fully saturated rings. The zero-order valence-corrected chi connectivity index (χ0v) is 11.2. The van der Waals surface area contributed by atoms with Gasteiger partial charge in [0.05, 0.1) is 11.3 Å². The maximum Gasteiger partial charge on any atom is 0.338 e. The molecular weight excluding hydrogens is 254 g/mol. The molecule has 0 amide bonds. The number of fused-ring (bicyclic) bond motifs is 1. The Hall–Kier alpha value is -2.69. The molecule has 0 aliphatic rings. The van der Waals surface area contributed by atoms with Crippen LogP contribution in [-0.4, -0.2) is 25.7 Å². The summed E-state index contributed by atoms with van der Waals surface area (Å²) < 4.78 is 1.49. The number of aromatic nitrogens is 3. The summed E-state index contributed by atoms with van der Waals surface area (Å²) in [5.41, 5.74) is 4.94. The van der Waals surface area contributed by atoms with E-state index in [0.29, 0.717) is 5.65 Å². The second-order valence-corrected chi connectivity index (χ2v) is 4.78. The van der Waals surface area contributed by atoms with E-state index in [1.54, 1.807) is 0 Å². The molecule has 0 radical (unpaired) electrons. The van der Waals surface area contributed by atoms with Crippen LogP contribution in [0.5, 0.6) is 0 Å². The highest BCUT2D eigenvalue weighted by atomic mass is 16.4. The number of aryl methyl sites for hydroxylation is 2. The Balaban J connectivity index is 2.12. The Bertz CT molecular complexity index is 821. The van der Waals surface area contributed by atoms with Crippen LogP contribution in [0.25, 0.3) is 16.9 Å². The Morgan fingerprint density at radius 1 is 1.20 bits per heavy atom. The average Bonchev–Trinajstić information content (AvgIpc) is 2.84. The van der Waals surface area contributed by atoms with Crippen molar-refractivity contribution in [2.24, 2.45) is 0 Å². The predicted octanol–water partition coefficient (Wildman–Crippen LogP) is 2.71. The van der Waals surface area contributed by atoms with Gasteiger partial charge in [-0.1, -0.05) is 12.1 Å². The third-order valence-electron chi connectivity index (χ3n) is 3.36. The predicted molar refractivity (Wildman–Crippen MR) is 74.9 cm³/mol. The largest absolute Gasteiger partial charge is 0.478 e. The lowest BCUT2D eigenvalue weighted by atomic mass is 10.0. The van der Waals surface area contributed by atoms with Gasteiger partial charge in [0, 0.05) is 24.0 Å². The molecule has 3 aromatic rings. The molecule has 1 N–H and O–H groups in total. The van der Waals surface area contributed by atoms with Crippen molar-refractivity contribution in [1.82, 2.24) is 14.6 Å². The third kappa shape index (κ3) is 2.03. The molecule has 0 aliphatic carbocycles. The molecule has 1 aromatic carbocycles. The summed E-state index contributed by atoms with van der Waals surface area (Å²) in [5.74, 6) is -1.01. The van der Waals surface area contributed by atoms with Gasteiger partial charge in [0.25, 0.3) is 0 Å². The lowest BCUT2D eigenvalue weighted by Gasteiger charge is -2.01. The van der Waals surface area contributed by atoms with Crippen LogP contribution in [0, 0.1) is 13.8 Å². The number of carboxylic acids is 1. The smallest absolute Gasteiger partial charge is 0.338 e. The van der Waals surface area contributed by atoms with Gasteiger partial charge in [-0.25, -0.2) is 14.3 Å². The summed E-state index contributed by atoms with van der Waals surface area (Å²) in [6, 6.07) is 7.96. The highest BCUT2D eigenvalue weighted by Crippen LogP contribution is 2.21. The number of carboxylic acid groups (broad SMARTS) is 1. The molecule has 0 aliphatic heterocycles. The maximum atomic E-state index is 10.9. The van der Waals surface area contributed by atoms with Gasteiger partial charge >= 0.3 is 5.97 Å². The molecule has 0 spiro atoms. The normalized spacial score (nSPS) is 10.9. The summed E-state index contributed by atoms with van der Waals surface area (Å²) in [4.78, 5) is 15.0. The Morgan fingerprint density at radius 2 is 2.00 bits per heavy atom. The minimum atomic E-state index is -1.01. The van der Waals surface area contributed by atoms with E-state index in [1.165, 1.54) is 28.0 Å². The van der Waals surface area contributed by atoms with Crippen LogP contribution >= 0.6 is 0 Å². The van der Waals surface area contributed by atoms with Crippen molar-refractivity contribution >= 4 is 11.6 Å². The van der Waals surface area contributed by atoms with E-state index in [-0.39, 0.29) is 5.56 Å². The summed E-state index contributed by atoms with van der Waals surface area (Å²) in [6.07, 6.45) is 2.80. The second kappa shape index (κ2) is 4.45. The van der Waals surface area contributed by atoms with E-state index in [1.807, 2.05) is 18.2 Å². The quantitative estimate of drug-likeness (QED) is 0.775. The summed E-state index contributed by atoms with van der Waals surface area (Å²) in [5, 5.41) is 13.3. The molecule has 2 aromatic heterocycles. The summed E-state index contributed by atoms with van der Waals surface area (Å²) in [7, 11) is 0. The fourth-order valence-corrected chi connectivity index (χ4v) is 2.03. The zero-order valence-electron chi connectivity index (χ0n) is 11.2. The molecule has 5 heteroatoms. The van der Waals surface area contributed by atoms with Gasteiger partial charge in [0.15, 0.2) is 5.65 Å². The van der Waals surface area contributed by atoms with Gasteiger partial charge in [-0.3, -0.25) is 0 Å². The molecule has 2 heterocycles. The van der Waals surface area contributed by atoms with Crippen molar-refractivity contribution in [3.63, 3.8) is 0 Å². The van der Waals surface area contributed by atoms with Crippen LogP contribution in [0.3, 0.4) is 0 Å². The monoisotopic (exact) mass is 267 g/mol. The fraction of sp³-hybridized carbons (Fsp3) is 0.133. The highest BCUT2D eigenvalue weighted by molar-refractivity contribution is 5.87. The summed E-state index contributed by atoms with van der Waals surface area (Å²) >= 11 is 0. The van der Waals surface area contributed by atoms with E-state index >= 15 is 0 Å². The van der Waals surface area contributed by atoms with E-state index < -0.39 is 5.97 Å². The fourth-order valence-electron chi connectivity index (χ4n) is 2.03. The van der Waals surface area contributed by atoms with Gasteiger partial charge in [0.1, 0.15) is 0 Å². The molecular formula is C15H13N3O2. The van der Waals surface area contributed by atoms with Gasteiger partial charge in [-0.15, -0.1) is 0 Å². The van der Waals surface area contributed by atoms with E-state index in [0.717, 1.165) is 11.3 Å². The van der Waals surface area contributed by atoms with Crippen LogP contribution in [0.15, 0.2) is 36.7 Å². The molecule has 0 saturated carbocycles. The van der Waals surface area contributed by atoms with Crippen molar-refractivity contribution in [1.29, 1.82) is 0 Å². The van der Waals surface area contributed by atoms with Gasteiger partial charge in [-0.2, -0.15) is 5.10 Å². The first-order valence-corrected chi connectivity index (χ1v) is 6.21. The van der Waals surface area contributed by atoms with Crippen LogP contribution in [0.2, 0.25) is 0 Å². The van der Waals surface area contributed by atoms with Gasteiger partial charge in [-0.05, 0) is 31.0 Å². The SMILES string of the molecule is Cc1ccc(-c2cc3ncc(C(=O)O)cn3n2)cc1C.